The molecule has 1 atom stereocenters. The van der Waals surface area contributed by atoms with E-state index in [1.54, 1.807) is 0 Å². The maximum Gasteiger partial charge on any atom is -0.00203 e. The third kappa shape index (κ3) is 2.81. The number of benzene rings is 2. The molecular weight excluding hydrogens is 216 g/mol. The van der Waals surface area contributed by atoms with Crippen LogP contribution in [0.3, 0.4) is 0 Å². The summed E-state index contributed by atoms with van der Waals surface area (Å²) in [5, 5.41) is 0. The van der Waals surface area contributed by atoms with Crippen molar-refractivity contribution in [3.63, 3.8) is 0 Å². The molecule has 1 unspecified atom stereocenters. The first-order chi connectivity index (χ1) is 8.72. The maximum absolute atomic E-state index is 2.32. The van der Waals surface area contributed by atoms with E-state index in [1.165, 1.54) is 28.7 Å². The van der Waals surface area contributed by atoms with Crippen molar-refractivity contribution in [3.05, 3.63) is 70.8 Å². The highest BCUT2D eigenvalue weighted by atomic mass is 14.1. The lowest BCUT2D eigenvalue weighted by Gasteiger charge is -2.15. The molecule has 0 radical (unpaired) electrons. The topological polar surface area (TPSA) is 0 Å². The molecule has 0 spiro atoms. The van der Waals surface area contributed by atoms with Gasteiger partial charge in [0.25, 0.3) is 0 Å². The molecular formula is C18H22. The molecule has 0 nitrogen and oxygen atoms in total. The van der Waals surface area contributed by atoms with Gasteiger partial charge in [0.15, 0.2) is 0 Å². The zero-order valence-corrected chi connectivity index (χ0v) is 11.6. The second kappa shape index (κ2) is 5.86. The van der Waals surface area contributed by atoms with E-state index in [1.807, 2.05) is 0 Å². The Bertz CT molecular complexity index is 511. The lowest BCUT2D eigenvalue weighted by Crippen LogP contribution is -2.00. The zero-order valence-electron chi connectivity index (χ0n) is 11.6. The van der Waals surface area contributed by atoms with Crippen molar-refractivity contribution in [2.24, 2.45) is 0 Å². The molecule has 2 aromatic rings. The summed E-state index contributed by atoms with van der Waals surface area (Å²) in [6.45, 7) is 6.77. The minimum Gasteiger partial charge on any atom is -0.0648 e. The minimum atomic E-state index is 0.644. The van der Waals surface area contributed by atoms with Gasteiger partial charge in [-0.1, -0.05) is 62.4 Å². The van der Waals surface area contributed by atoms with Crippen LogP contribution in [0.4, 0.5) is 0 Å². The van der Waals surface area contributed by atoms with Crippen molar-refractivity contribution in [2.75, 3.05) is 0 Å². The van der Waals surface area contributed by atoms with Gasteiger partial charge in [-0.15, -0.1) is 0 Å². The van der Waals surface area contributed by atoms with E-state index in [9.17, 15) is 0 Å². The third-order valence-electron chi connectivity index (χ3n) is 3.84. The lowest BCUT2D eigenvalue weighted by atomic mass is 9.90. The second-order valence-corrected chi connectivity index (χ2v) is 5.11. The van der Waals surface area contributed by atoms with E-state index < -0.39 is 0 Å². The van der Waals surface area contributed by atoms with Gasteiger partial charge in [0, 0.05) is 0 Å². The van der Waals surface area contributed by atoms with Crippen LogP contribution in [-0.4, -0.2) is 0 Å². The standard InChI is InChI=1S/C18H22/c1-4-14(2)18-12-8-7-11-17(18)13-16-10-6-5-9-15(16)3/h5-12,14H,4,13H2,1-3H3. The Morgan fingerprint density at radius 2 is 1.50 bits per heavy atom. The lowest BCUT2D eigenvalue weighted by molar-refractivity contribution is 0.725. The van der Waals surface area contributed by atoms with Crippen LogP contribution in [-0.2, 0) is 6.42 Å². The van der Waals surface area contributed by atoms with Gasteiger partial charge in [0.05, 0.1) is 0 Å². The Balaban J connectivity index is 2.32. The predicted octanol–water partition coefficient (Wildman–Crippen LogP) is 5.10. The van der Waals surface area contributed by atoms with Crippen LogP contribution in [0.25, 0.3) is 0 Å². The van der Waals surface area contributed by atoms with Crippen LogP contribution in [0, 0.1) is 6.92 Å². The summed E-state index contributed by atoms with van der Waals surface area (Å²) in [5.74, 6) is 0.644. The molecule has 0 aliphatic heterocycles. The molecule has 0 N–H and O–H groups in total. The van der Waals surface area contributed by atoms with Crippen molar-refractivity contribution in [1.29, 1.82) is 0 Å². The van der Waals surface area contributed by atoms with Crippen molar-refractivity contribution >= 4 is 0 Å². The monoisotopic (exact) mass is 238 g/mol. The van der Waals surface area contributed by atoms with Crippen LogP contribution in [0.2, 0.25) is 0 Å². The Hall–Kier alpha value is -1.56. The van der Waals surface area contributed by atoms with Gasteiger partial charge in [-0.25, -0.2) is 0 Å². The molecule has 0 aliphatic rings. The van der Waals surface area contributed by atoms with E-state index in [0.717, 1.165) is 6.42 Å². The Labute approximate surface area is 111 Å². The summed E-state index contributed by atoms with van der Waals surface area (Å²) in [7, 11) is 0. The van der Waals surface area contributed by atoms with Crippen molar-refractivity contribution in [1.82, 2.24) is 0 Å². The van der Waals surface area contributed by atoms with E-state index in [-0.39, 0.29) is 0 Å². The summed E-state index contributed by atoms with van der Waals surface area (Å²) in [6, 6.07) is 17.5. The van der Waals surface area contributed by atoms with Crippen LogP contribution >= 0.6 is 0 Å². The number of rotatable bonds is 4. The van der Waals surface area contributed by atoms with Crippen LogP contribution < -0.4 is 0 Å². The highest BCUT2D eigenvalue weighted by molar-refractivity contribution is 5.37. The van der Waals surface area contributed by atoms with Crippen LogP contribution in [0.1, 0.15) is 48.4 Å². The van der Waals surface area contributed by atoms with E-state index in [2.05, 4.69) is 69.3 Å². The SMILES string of the molecule is CCC(C)c1ccccc1Cc1ccccc1C. The largest absolute Gasteiger partial charge is 0.0648 e. The number of hydrogen-bond donors (Lipinski definition) is 0. The normalized spacial score (nSPS) is 12.4. The van der Waals surface area contributed by atoms with Crippen LogP contribution in [0.15, 0.2) is 48.5 Å². The summed E-state index contributed by atoms with van der Waals surface area (Å²) in [4.78, 5) is 0. The summed E-state index contributed by atoms with van der Waals surface area (Å²) in [6.07, 6.45) is 2.25. The smallest absolute Gasteiger partial charge is 0.00203 e. The molecule has 0 bridgehead atoms. The molecule has 0 amide bonds. The van der Waals surface area contributed by atoms with E-state index in [0.29, 0.717) is 5.92 Å². The van der Waals surface area contributed by atoms with Gasteiger partial charge in [-0.05, 0) is 47.9 Å². The van der Waals surface area contributed by atoms with Crippen LogP contribution in [0.5, 0.6) is 0 Å². The van der Waals surface area contributed by atoms with E-state index in [4.69, 9.17) is 0 Å². The molecule has 18 heavy (non-hydrogen) atoms. The fourth-order valence-electron chi connectivity index (χ4n) is 2.41. The molecule has 0 fully saturated rings. The first-order valence-electron chi connectivity index (χ1n) is 6.84. The fourth-order valence-corrected chi connectivity index (χ4v) is 2.41. The maximum atomic E-state index is 2.32. The fraction of sp³-hybridized carbons (Fsp3) is 0.333. The molecule has 0 saturated heterocycles. The summed E-state index contributed by atoms with van der Waals surface area (Å²) in [5.41, 5.74) is 5.80. The molecule has 0 heterocycles. The molecule has 2 rings (SSSR count). The van der Waals surface area contributed by atoms with Gasteiger partial charge in [0.2, 0.25) is 0 Å². The first kappa shape index (κ1) is 12.9. The average molecular weight is 238 g/mol. The number of aryl methyl sites for hydroxylation is 1. The molecule has 94 valence electrons. The van der Waals surface area contributed by atoms with Gasteiger partial charge in [0.1, 0.15) is 0 Å². The molecule has 0 aromatic heterocycles. The van der Waals surface area contributed by atoms with Gasteiger partial charge in [-0.2, -0.15) is 0 Å². The summed E-state index contributed by atoms with van der Waals surface area (Å²) < 4.78 is 0. The summed E-state index contributed by atoms with van der Waals surface area (Å²) >= 11 is 0. The zero-order chi connectivity index (χ0) is 13.0. The van der Waals surface area contributed by atoms with Crippen molar-refractivity contribution < 1.29 is 0 Å². The quantitative estimate of drug-likeness (QED) is 0.695. The molecule has 0 saturated carbocycles. The van der Waals surface area contributed by atoms with Crippen molar-refractivity contribution in [3.8, 4) is 0 Å². The molecule has 0 heteroatoms. The molecule has 0 aliphatic carbocycles. The Kier molecular flexibility index (Phi) is 4.19. The van der Waals surface area contributed by atoms with Gasteiger partial charge in [-0.3, -0.25) is 0 Å². The Morgan fingerprint density at radius 1 is 0.889 bits per heavy atom. The van der Waals surface area contributed by atoms with Crippen molar-refractivity contribution in [2.45, 2.75) is 39.5 Å². The Morgan fingerprint density at radius 3 is 2.17 bits per heavy atom. The highest BCUT2D eigenvalue weighted by Crippen LogP contribution is 2.25. The minimum absolute atomic E-state index is 0.644. The van der Waals surface area contributed by atoms with Gasteiger partial charge < -0.3 is 0 Å². The first-order valence-corrected chi connectivity index (χ1v) is 6.84. The third-order valence-corrected chi connectivity index (χ3v) is 3.84. The van der Waals surface area contributed by atoms with Gasteiger partial charge >= 0.3 is 0 Å². The predicted molar refractivity (Wildman–Crippen MR) is 79.1 cm³/mol. The second-order valence-electron chi connectivity index (χ2n) is 5.11. The molecule has 2 aromatic carbocycles. The average Bonchev–Trinajstić information content (AvgIpc) is 2.41. The van der Waals surface area contributed by atoms with E-state index >= 15 is 0 Å². The highest BCUT2D eigenvalue weighted by Gasteiger charge is 2.09. The number of hydrogen-bond acceptors (Lipinski definition) is 0.